The molecule has 3 heterocycles. The van der Waals surface area contributed by atoms with Gasteiger partial charge in [0.1, 0.15) is 5.82 Å². The molecule has 0 aliphatic heterocycles. The molecule has 0 saturated carbocycles. The maximum atomic E-state index is 12.9. The number of rotatable bonds is 6. The lowest BCUT2D eigenvalue weighted by molar-refractivity contribution is 0.395. The largest absolute Gasteiger partial charge is 0.440 e. The molecule has 0 saturated heterocycles. The van der Waals surface area contributed by atoms with Crippen LogP contribution in [0.25, 0.3) is 22.6 Å². The summed E-state index contributed by atoms with van der Waals surface area (Å²) in [6, 6.07) is 9.83. The predicted octanol–water partition coefficient (Wildman–Crippen LogP) is 3.79. The first kappa shape index (κ1) is 18.5. The molecule has 2 N–H and O–H groups in total. The van der Waals surface area contributed by atoms with Gasteiger partial charge in [-0.3, -0.25) is 0 Å². The number of sulfonamides is 1. The molecule has 0 aliphatic carbocycles. The molecule has 4 aromatic rings. The van der Waals surface area contributed by atoms with E-state index in [1.807, 2.05) is 39.0 Å². The van der Waals surface area contributed by atoms with E-state index in [9.17, 15) is 8.42 Å². The van der Waals surface area contributed by atoms with Crippen molar-refractivity contribution in [2.24, 2.45) is 5.92 Å². The number of benzene rings is 1. The smallest absolute Gasteiger partial charge is 0.274 e. The van der Waals surface area contributed by atoms with Crippen LogP contribution >= 0.6 is 0 Å². The Bertz CT molecular complexity index is 1210. The molecule has 0 amide bonds. The Morgan fingerprint density at radius 1 is 1.11 bits per heavy atom. The van der Waals surface area contributed by atoms with Gasteiger partial charge in [0.25, 0.3) is 10.0 Å². The van der Waals surface area contributed by atoms with Crippen LogP contribution < -0.4 is 4.72 Å². The Kier molecular flexibility index (Phi) is 4.56. The first-order valence-corrected chi connectivity index (χ1v) is 10.3. The highest BCUT2D eigenvalue weighted by atomic mass is 32.2. The third-order valence-electron chi connectivity index (χ3n) is 4.43. The third kappa shape index (κ3) is 3.46. The second-order valence-corrected chi connectivity index (χ2v) is 8.63. The van der Waals surface area contributed by atoms with E-state index in [0.29, 0.717) is 11.6 Å². The van der Waals surface area contributed by atoms with Gasteiger partial charge in [-0.05, 0) is 42.7 Å². The molecule has 0 bridgehead atoms. The Labute approximate surface area is 162 Å². The number of nitrogens with one attached hydrogen (secondary N) is 2. The zero-order chi connectivity index (χ0) is 19.9. The molecule has 1 atom stereocenters. The normalized spacial score (nSPS) is 13.4. The van der Waals surface area contributed by atoms with Crippen LogP contribution in [-0.4, -0.2) is 23.5 Å². The molecule has 8 nitrogen and oxygen atoms in total. The lowest BCUT2D eigenvalue weighted by Gasteiger charge is -2.19. The number of H-pyrrole nitrogens is 1. The van der Waals surface area contributed by atoms with Crippen LogP contribution in [0.2, 0.25) is 0 Å². The van der Waals surface area contributed by atoms with Crippen LogP contribution in [0.3, 0.4) is 0 Å². The van der Waals surface area contributed by atoms with Crippen molar-refractivity contribution >= 4 is 21.1 Å². The minimum atomic E-state index is -3.91. The molecule has 0 radical (unpaired) electrons. The van der Waals surface area contributed by atoms with Crippen LogP contribution in [0.4, 0.5) is 0 Å². The highest BCUT2D eigenvalue weighted by Gasteiger charge is 2.29. The average molecular weight is 400 g/mol. The van der Waals surface area contributed by atoms with E-state index >= 15 is 0 Å². The summed E-state index contributed by atoms with van der Waals surface area (Å²) >= 11 is 0. The van der Waals surface area contributed by atoms with Gasteiger partial charge in [-0.25, -0.2) is 13.4 Å². The Hall–Kier alpha value is -2.91. The van der Waals surface area contributed by atoms with Gasteiger partial charge >= 0.3 is 0 Å². The van der Waals surface area contributed by atoms with Gasteiger partial charge in [-0.2, -0.15) is 4.72 Å². The first-order valence-electron chi connectivity index (χ1n) is 8.83. The van der Waals surface area contributed by atoms with Gasteiger partial charge in [0.2, 0.25) is 10.9 Å². The van der Waals surface area contributed by atoms with E-state index in [2.05, 4.69) is 19.8 Å². The van der Waals surface area contributed by atoms with Gasteiger partial charge in [0.05, 0.1) is 23.3 Å². The molecular formula is C19H20N4O4S. The lowest BCUT2D eigenvalue weighted by atomic mass is 10.1. The van der Waals surface area contributed by atoms with Crippen LogP contribution in [0.5, 0.6) is 0 Å². The van der Waals surface area contributed by atoms with Crippen molar-refractivity contribution in [3.63, 3.8) is 0 Å². The van der Waals surface area contributed by atoms with E-state index < -0.39 is 16.1 Å². The summed E-state index contributed by atoms with van der Waals surface area (Å²) in [6.07, 6.45) is 1.46. The first-order chi connectivity index (χ1) is 13.3. The van der Waals surface area contributed by atoms with Crippen molar-refractivity contribution in [3.8, 4) is 11.5 Å². The Morgan fingerprint density at radius 2 is 1.93 bits per heavy atom. The van der Waals surface area contributed by atoms with Crippen LogP contribution in [-0.2, 0) is 10.0 Å². The molecule has 1 unspecified atom stereocenters. The third-order valence-corrected chi connectivity index (χ3v) is 5.74. The van der Waals surface area contributed by atoms with Crippen molar-refractivity contribution < 1.29 is 17.4 Å². The number of imidazole rings is 1. The predicted molar refractivity (Wildman–Crippen MR) is 103 cm³/mol. The molecule has 4 rings (SSSR count). The number of aryl methyl sites for hydroxylation is 1. The number of aromatic nitrogens is 3. The highest BCUT2D eigenvalue weighted by molar-refractivity contribution is 7.89. The topological polar surface area (TPSA) is 114 Å². The summed E-state index contributed by atoms with van der Waals surface area (Å²) in [5, 5.41) is 3.40. The van der Waals surface area contributed by atoms with Crippen molar-refractivity contribution in [1.29, 1.82) is 0 Å². The summed E-state index contributed by atoms with van der Waals surface area (Å²) < 4.78 is 38.9. The molecular weight excluding hydrogens is 380 g/mol. The molecule has 0 fully saturated rings. The van der Waals surface area contributed by atoms with E-state index in [-0.39, 0.29) is 16.8 Å². The summed E-state index contributed by atoms with van der Waals surface area (Å²) in [4.78, 5) is 7.79. The monoisotopic (exact) mass is 400 g/mol. The SMILES string of the molecule is Cc1ccc2nc(C(NS(=O)(=O)c3ccc(-c4ccno4)o3)C(C)C)[nH]c2c1. The summed E-state index contributed by atoms with van der Waals surface area (Å²) in [6.45, 7) is 5.84. The van der Waals surface area contributed by atoms with Crippen molar-refractivity contribution in [3.05, 3.63) is 54.0 Å². The van der Waals surface area contributed by atoms with Gasteiger partial charge < -0.3 is 13.9 Å². The van der Waals surface area contributed by atoms with E-state index in [1.165, 1.54) is 18.3 Å². The maximum absolute atomic E-state index is 12.9. The molecule has 0 aliphatic rings. The minimum absolute atomic E-state index is 0.0415. The summed E-state index contributed by atoms with van der Waals surface area (Å²) in [5.74, 6) is 1.16. The van der Waals surface area contributed by atoms with Gasteiger partial charge in [0, 0.05) is 6.07 Å². The second-order valence-electron chi connectivity index (χ2n) is 6.98. The fraction of sp³-hybridized carbons (Fsp3) is 0.263. The van der Waals surface area contributed by atoms with Crippen LogP contribution in [0.15, 0.2) is 56.6 Å². The molecule has 0 spiro atoms. The molecule has 1 aromatic carbocycles. The van der Waals surface area contributed by atoms with Gasteiger partial charge in [-0.1, -0.05) is 25.1 Å². The standard InChI is InChI=1S/C19H20N4O4S/c1-11(2)18(19-21-13-5-4-12(3)10-14(13)22-19)23-28(24,25)17-7-6-15(26-17)16-8-9-20-27-16/h4-11,18,23H,1-3H3,(H,21,22). The maximum Gasteiger partial charge on any atom is 0.274 e. The molecule has 9 heteroatoms. The van der Waals surface area contributed by atoms with Gasteiger partial charge in [-0.15, -0.1) is 0 Å². The quantitative estimate of drug-likeness (QED) is 0.509. The molecule has 28 heavy (non-hydrogen) atoms. The van der Waals surface area contributed by atoms with E-state index in [4.69, 9.17) is 8.94 Å². The van der Waals surface area contributed by atoms with E-state index in [1.54, 1.807) is 6.07 Å². The summed E-state index contributed by atoms with van der Waals surface area (Å²) in [7, 11) is -3.91. The number of fused-ring (bicyclic) bond motifs is 1. The number of furan rings is 1. The summed E-state index contributed by atoms with van der Waals surface area (Å²) in [5.41, 5.74) is 2.75. The zero-order valence-electron chi connectivity index (χ0n) is 15.6. The number of aromatic amines is 1. The average Bonchev–Trinajstić information content (AvgIpc) is 3.37. The number of nitrogens with zero attached hydrogens (tertiary/aromatic N) is 2. The minimum Gasteiger partial charge on any atom is -0.440 e. The molecule has 146 valence electrons. The fourth-order valence-corrected chi connectivity index (χ4v) is 4.24. The Morgan fingerprint density at radius 3 is 2.64 bits per heavy atom. The van der Waals surface area contributed by atoms with Crippen LogP contribution in [0.1, 0.15) is 31.3 Å². The molecule has 3 aromatic heterocycles. The van der Waals surface area contributed by atoms with Crippen molar-refractivity contribution in [1.82, 2.24) is 19.8 Å². The number of hydrogen-bond donors (Lipinski definition) is 2. The lowest BCUT2D eigenvalue weighted by Crippen LogP contribution is -2.32. The number of hydrogen-bond acceptors (Lipinski definition) is 6. The van der Waals surface area contributed by atoms with Crippen molar-refractivity contribution in [2.75, 3.05) is 0 Å². The zero-order valence-corrected chi connectivity index (χ0v) is 16.4. The Balaban J connectivity index is 1.65. The van der Waals surface area contributed by atoms with Gasteiger partial charge in [0.15, 0.2) is 5.76 Å². The highest BCUT2D eigenvalue weighted by Crippen LogP contribution is 2.28. The van der Waals surface area contributed by atoms with Crippen LogP contribution in [0, 0.1) is 12.8 Å². The van der Waals surface area contributed by atoms with E-state index in [0.717, 1.165) is 16.6 Å². The van der Waals surface area contributed by atoms with Crippen molar-refractivity contribution in [2.45, 2.75) is 31.9 Å². The second kappa shape index (κ2) is 6.92. The fourth-order valence-electron chi connectivity index (χ4n) is 2.96.